The number of hydrogen-bond donors (Lipinski definition) is 3. The molecule has 100 valence electrons. The molecule has 0 bridgehead atoms. The molecule has 0 saturated heterocycles. The molecule has 0 fully saturated rings. The minimum Gasteiger partial charge on any atom is -0.480 e. The van der Waals surface area contributed by atoms with Gasteiger partial charge in [0.2, 0.25) is 0 Å². The summed E-state index contributed by atoms with van der Waals surface area (Å²) in [6, 6.07) is 6.83. The van der Waals surface area contributed by atoms with E-state index in [9.17, 15) is 9.59 Å². The molecular formula is C11H10N2O6. The number of rotatable bonds is 2. The van der Waals surface area contributed by atoms with Crippen molar-refractivity contribution in [1.82, 2.24) is 9.55 Å². The Morgan fingerprint density at radius 1 is 1.16 bits per heavy atom. The van der Waals surface area contributed by atoms with E-state index in [4.69, 9.17) is 20.1 Å². The Balaban J connectivity index is 0.000000399. The molecule has 0 aliphatic heterocycles. The van der Waals surface area contributed by atoms with Crippen molar-refractivity contribution >= 4 is 23.0 Å². The number of aromatic nitrogens is 2. The second kappa shape index (κ2) is 6.15. The predicted molar refractivity (Wildman–Crippen MR) is 64.3 cm³/mol. The van der Waals surface area contributed by atoms with Crippen molar-refractivity contribution in [2.75, 3.05) is 0 Å². The second-order valence-electron chi connectivity index (χ2n) is 3.37. The summed E-state index contributed by atoms with van der Waals surface area (Å²) in [5.74, 6) is -1.06. The normalized spacial score (nSPS) is 9.47. The lowest BCUT2D eigenvalue weighted by Crippen LogP contribution is -2.24. The quantitative estimate of drug-likeness (QED) is 0.729. The zero-order valence-electron chi connectivity index (χ0n) is 9.55. The summed E-state index contributed by atoms with van der Waals surface area (Å²) in [5, 5.41) is 23.0. The van der Waals surface area contributed by atoms with Crippen LogP contribution in [-0.2, 0) is 11.3 Å². The van der Waals surface area contributed by atoms with Crippen LogP contribution in [0.3, 0.4) is 0 Å². The largest absolute Gasteiger partial charge is 0.503 e. The fraction of sp³-hybridized carbons (Fsp3) is 0.0909. The van der Waals surface area contributed by atoms with Gasteiger partial charge < -0.3 is 15.3 Å². The Morgan fingerprint density at radius 2 is 1.74 bits per heavy atom. The number of aliphatic carboxylic acids is 1. The number of para-hydroxylation sites is 1. The standard InChI is InChI=1S/C10H8N2O3.CH2O3/c13-9(14)5-12-6-11-8-4-2-1-3-7(8)10(12)15;2-1(3)4/h1-4,6H,5H2,(H,13,14);(H2,2,3,4). The number of carbonyl (C=O) groups is 2. The van der Waals surface area contributed by atoms with Crippen LogP contribution in [-0.4, -0.2) is 37.0 Å². The van der Waals surface area contributed by atoms with Crippen molar-refractivity contribution in [1.29, 1.82) is 0 Å². The third kappa shape index (κ3) is 4.11. The summed E-state index contributed by atoms with van der Waals surface area (Å²) < 4.78 is 1.07. The number of benzene rings is 1. The van der Waals surface area contributed by atoms with Crippen LogP contribution in [0, 0.1) is 0 Å². The van der Waals surface area contributed by atoms with E-state index in [1.54, 1.807) is 24.3 Å². The van der Waals surface area contributed by atoms with Crippen LogP contribution in [0.5, 0.6) is 0 Å². The van der Waals surface area contributed by atoms with Crippen LogP contribution in [0.25, 0.3) is 10.9 Å². The van der Waals surface area contributed by atoms with E-state index in [1.807, 2.05) is 0 Å². The maximum atomic E-state index is 11.7. The molecule has 0 amide bonds. The van der Waals surface area contributed by atoms with Crippen molar-refractivity contribution in [2.24, 2.45) is 0 Å². The first-order chi connectivity index (χ1) is 8.91. The molecule has 0 radical (unpaired) electrons. The van der Waals surface area contributed by atoms with E-state index in [0.717, 1.165) is 4.57 Å². The average Bonchev–Trinajstić information content (AvgIpc) is 2.32. The topological polar surface area (TPSA) is 130 Å². The van der Waals surface area contributed by atoms with Crippen molar-refractivity contribution in [3.05, 3.63) is 40.9 Å². The van der Waals surface area contributed by atoms with E-state index >= 15 is 0 Å². The Morgan fingerprint density at radius 3 is 2.32 bits per heavy atom. The second-order valence-corrected chi connectivity index (χ2v) is 3.37. The molecule has 2 aromatic rings. The highest BCUT2D eigenvalue weighted by Gasteiger charge is 2.05. The van der Waals surface area contributed by atoms with Gasteiger partial charge in [0, 0.05) is 0 Å². The van der Waals surface area contributed by atoms with Gasteiger partial charge in [-0.15, -0.1) is 0 Å². The van der Waals surface area contributed by atoms with Crippen molar-refractivity contribution in [2.45, 2.75) is 6.54 Å². The lowest BCUT2D eigenvalue weighted by atomic mass is 10.2. The van der Waals surface area contributed by atoms with Gasteiger partial charge in [-0.25, -0.2) is 9.78 Å². The molecular weight excluding hydrogens is 256 g/mol. The van der Waals surface area contributed by atoms with Gasteiger partial charge in [0.15, 0.2) is 0 Å². The molecule has 1 aromatic carbocycles. The average molecular weight is 266 g/mol. The molecule has 3 N–H and O–H groups in total. The summed E-state index contributed by atoms with van der Waals surface area (Å²) >= 11 is 0. The maximum Gasteiger partial charge on any atom is 0.503 e. The van der Waals surface area contributed by atoms with Gasteiger partial charge in [0.25, 0.3) is 5.56 Å². The number of fused-ring (bicyclic) bond motifs is 1. The van der Waals surface area contributed by atoms with Gasteiger partial charge in [-0.2, -0.15) is 0 Å². The number of carboxylic acid groups (broad SMARTS) is 3. The Bertz CT molecular complexity index is 660. The molecule has 1 heterocycles. The molecule has 0 aliphatic rings. The van der Waals surface area contributed by atoms with E-state index in [2.05, 4.69) is 4.98 Å². The van der Waals surface area contributed by atoms with Crippen LogP contribution >= 0.6 is 0 Å². The number of carboxylic acids is 1. The minimum atomic E-state index is -1.83. The lowest BCUT2D eigenvalue weighted by Gasteiger charge is -2.02. The van der Waals surface area contributed by atoms with Crippen LogP contribution in [0.15, 0.2) is 35.4 Å². The zero-order chi connectivity index (χ0) is 14.4. The molecule has 0 aliphatic carbocycles. The third-order valence-corrected chi connectivity index (χ3v) is 2.04. The minimum absolute atomic E-state index is 0.331. The van der Waals surface area contributed by atoms with Gasteiger partial charge in [-0.05, 0) is 12.1 Å². The Hall–Kier alpha value is -2.90. The molecule has 19 heavy (non-hydrogen) atoms. The molecule has 0 unspecified atom stereocenters. The van der Waals surface area contributed by atoms with Crippen molar-refractivity contribution in [3.63, 3.8) is 0 Å². The molecule has 8 heteroatoms. The fourth-order valence-corrected chi connectivity index (χ4v) is 1.36. The summed E-state index contributed by atoms with van der Waals surface area (Å²) in [4.78, 5) is 34.7. The van der Waals surface area contributed by atoms with E-state index in [1.165, 1.54) is 6.33 Å². The van der Waals surface area contributed by atoms with Gasteiger partial charge in [-0.3, -0.25) is 14.2 Å². The molecule has 0 saturated carbocycles. The van der Waals surface area contributed by atoms with Crippen molar-refractivity contribution in [3.8, 4) is 0 Å². The number of nitrogens with zero attached hydrogens (tertiary/aromatic N) is 2. The highest BCUT2D eigenvalue weighted by Crippen LogP contribution is 2.04. The highest BCUT2D eigenvalue weighted by molar-refractivity contribution is 5.77. The van der Waals surface area contributed by atoms with Gasteiger partial charge in [0.1, 0.15) is 6.54 Å². The Labute approximate surface area is 106 Å². The maximum absolute atomic E-state index is 11.7. The Kier molecular flexibility index (Phi) is 4.58. The predicted octanol–water partition coefficient (Wildman–Crippen LogP) is 0.704. The summed E-state index contributed by atoms with van der Waals surface area (Å²) in [7, 11) is 0. The summed E-state index contributed by atoms with van der Waals surface area (Å²) in [5.41, 5.74) is 0.243. The molecule has 1 aromatic heterocycles. The van der Waals surface area contributed by atoms with Gasteiger partial charge in [0.05, 0.1) is 17.2 Å². The summed E-state index contributed by atoms with van der Waals surface area (Å²) in [6.07, 6.45) is -0.585. The number of hydrogen-bond acceptors (Lipinski definition) is 4. The van der Waals surface area contributed by atoms with E-state index < -0.39 is 12.1 Å². The highest BCUT2D eigenvalue weighted by atomic mass is 16.6. The summed E-state index contributed by atoms with van der Waals surface area (Å²) in [6.45, 7) is -0.364. The molecule has 8 nitrogen and oxygen atoms in total. The van der Waals surface area contributed by atoms with Crippen LogP contribution in [0.2, 0.25) is 0 Å². The first-order valence-electron chi connectivity index (χ1n) is 4.99. The SMILES string of the molecule is O=C(O)Cn1cnc2ccccc2c1=O.O=C(O)O. The zero-order valence-corrected chi connectivity index (χ0v) is 9.55. The van der Waals surface area contributed by atoms with Crippen LogP contribution in [0.4, 0.5) is 4.79 Å². The molecule has 0 atom stereocenters. The van der Waals surface area contributed by atoms with Gasteiger partial charge in [-0.1, -0.05) is 12.1 Å². The molecule has 0 spiro atoms. The monoisotopic (exact) mass is 266 g/mol. The lowest BCUT2D eigenvalue weighted by molar-refractivity contribution is -0.137. The van der Waals surface area contributed by atoms with Crippen molar-refractivity contribution < 1.29 is 24.9 Å². The van der Waals surface area contributed by atoms with E-state index in [0.29, 0.717) is 10.9 Å². The van der Waals surface area contributed by atoms with E-state index in [-0.39, 0.29) is 12.1 Å². The van der Waals surface area contributed by atoms with Crippen LogP contribution in [0.1, 0.15) is 0 Å². The first-order valence-corrected chi connectivity index (χ1v) is 4.99. The first kappa shape index (κ1) is 14.2. The molecule has 2 rings (SSSR count). The van der Waals surface area contributed by atoms with Crippen LogP contribution < -0.4 is 5.56 Å². The third-order valence-electron chi connectivity index (χ3n) is 2.04. The fourth-order valence-electron chi connectivity index (χ4n) is 1.36. The smallest absolute Gasteiger partial charge is 0.480 e. The van der Waals surface area contributed by atoms with Gasteiger partial charge >= 0.3 is 12.1 Å².